The molecule has 4 atom stereocenters. The number of nitrogens with zero attached hydrogens (tertiary/aromatic N) is 4. The highest BCUT2D eigenvalue weighted by atomic mass is 16.5. The molecule has 2 aliphatic heterocycles. The second-order valence-corrected chi connectivity index (χ2v) is 20.3. The fourth-order valence-electron chi connectivity index (χ4n) is 12.2. The monoisotopic (exact) mass is 932 g/mol. The van der Waals surface area contributed by atoms with Crippen molar-refractivity contribution in [3.05, 3.63) is 95.7 Å². The number of amides is 4. The number of carbonyl (C=O) groups is 4. The number of hydrogen-bond donors (Lipinski definition) is 4. The highest BCUT2D eigenvalue weighted by Crippen LogP contribution is 2.56. The summed E-state index contributed by atoms with van der Waals surface area (Å²) in [6.07, 6.45) is 10.9. The zero-order valence-electron chi connectivity index (χ0n) is 40.6. The van der Waals surface area contributed by atoms with Crippen molar-refractivity contribution in [1.82, 2.24) is 40.4 Å². The average molecular weight is 933 g/mol. The molecule has 2 aromatic heterocycles. The van der Waals surface area contributed by atoms with E-state index in [4.69, 9.17) is 19.4 Å². The third-order valence-electron chi connectivity index (χ3n) is 15.7. The molecule has 2 saturated heterocycles. The lowest BCUT2D eigenvalue weighted by molar-refractivity contribution is -0.136. The molecule has 0 unspecified atom stereocenters. The normalized spacial score (nSPS) is 19.5. The molecule has 4 aromatic carbocycles. The average Bonchev–Trinajstić information content (AvgIpc) is 4.23. The number of aromatic nitrogens is 4. The molecular formula is C55H64N8O6. The van der Waals surface area contributed by atoms with Gasteiger partial charge in [0.2, 0.25) is 11.8 Å². The zero-order valence-corrected chi connectivity index (χ0v) is 40.6. The van der Waals surface area contributed by atoms with Crippen LogP contribution in [0.1, 0.15) is 120 Å². The fourth-order valence-corrected chi connectivity index (χ4v) is 12.2. The van der Waals surface area contributed by atoms with Crippen molar-refractivity contribution < 1.29 is 28.7 Å². The Morgan fingerprint density at radius 3 is 1.88 bits per heavy atom. The van der Waals surface area contributed by atoms with Crippen molar-refractivity contribution in [3.8, 4) is 33.5 Å². The Bertz CT molecular complexity index is 2950. The molecule has 10 rings (SSSR count). The van der Waals surface area contributed by atoms with Crippen molar-refractivity contribution >= 4 is 45.8 Å². The standard InChI is InChI=1S/C55H64N8O6/c1-31(2)47(60-53(66)68-5)51(64)62-27-11-15-44(62)49-56-30-43(59-49)39-21-20-37(35-13-7-8-14-36(35)39)38-19-18-34(46-40(38)23-26-55(46)24-9-10-25-55)33-17-22-41-42(29-33)58-50(57-41)45-16-12-28-63(45)52(65)48(32(3)4)61-54(67)69-6/h7-8,13-14,17-22,29-32,44-45,47-48H,9-12,15-16,23-28H2,1-6H3,(H,56,59)(H,57,58)(H,60,66)(H,61,67)/t44-,45-,47-,48+/m0/s1. The number of methoxy groups -OCH3 is 2. The summed E-state index contributed by atoms with van der Waals surface area (Å²) in [6.45, 7) is 8.89. The van der Waals surface area contributed by atoms with E-state index >= 15 is 0 Å². The van der Waals surface area contributed by atoms with Crippen molar-refractivity contribution in [2.45, 2.75) is 121 Å². The minimum atomic E-state index is -0.701. The van der Waals surface area contributed by atoms with Crippen molar-refractivity contribution in [1.29, 1.82) is 0 Å². The molecule has 6 aromatic rings. The van der Waals surface area contributed by atoms with Gasteiger partial charge in [0.15, 0.2) is 0 Å². The van der Waals surface area contributed by atoms with Gasteiger partial charge in [0.25, 0.3) is 0 Å². The Morgan fingerprint density at radius 1 is 0.681 bits per heavy atom. The molecule has 2 aliphatic carbocycles. The first kappa shape index (κ1) is 46.1. The van der Waals surface area contributed by atoms with Gasteiger partial charge in [0, 0.05) is 18.7 Å². The maximum atomic E-state index is 13.9. The van der Waals surface area contributed by atoms with E-state index in [1.54, 1.807) is 0 Å². The van der Waals surface area contributed by atoms with Crippen molar-refractivity contribution in [3.63, 3.8) is 0 Å². The van der Waals surface area contributed by atoms with Crippen LogP contribution in [0.25, 0.3) is 55.3 Å². The highest BCUT2D eigenvalue weighted by Gasteiger charge is 2.44. The van der Waals surface area contributed by atoms with Gasteiger partial charge in [-0.3, -0.25) is 9.59 Å². The van der Waals surface area contributed by atoms with Crippen LogP contribution in [0.5, 0.6) is 0 Å². The first-order chi connectivity index (χ1) is 33.4. The molecule has 4 amide bonds. The van der Waals surface area contributed by atoms with Gasteiger partial charge in [-0.25, -0.2) is 19.6 Å². The number of hydrogen-bond acceptors (Lipinski definition) is 8. The smallest absolute Gasteiger partial charge is 0.407 e. The van der Waals surface area contributed by atoms with E-state index in [-0.39, 0.29) is 41.1 Å². The molecule has 14 nitrogen and oxygen atoms in total. The van der Waals surface area contributed by atoms with Crippen molar-refractivity contribution in [2.75, 3.05) is 27.3 Å². The lowest BCUT2D eigenvalue weighted by Gasteiger charge is -2.30. The summed E-state index contributed by atoms with van der Waals surface area (Å²) >= 11 is 0. The van der Waals surface area contributed by atoms with E-state index in [1.807, 2.05) is 43.7 Å². The van der Waals surface area contributed by atoms with Crippen LogP contribution in [0.2, 0.25) is 0 Å². The van der Waals surface area contributed by atoms with Crippen LogP contribution >= 0.6 is 0 Å². The predicted molar refractivity (Wildman–Crippen MR) is 266 cm³/mol. The van der Waals surface area contributed by atoms with Crippen molar-refractivity contribution in [2.24, 2.45) is 11.8 Å². The van der Waals surface area contributed by atoms with Gasteiger partial charge >= 0.3 is 12.2 Å². The number of imidazole rings is 2. The molecule has 1 saturated carbocycles. The number of fused-ring (bicyclic) bond motifs is 4. The maximum Gasteiger partial charge on any atom is 0.407 e. The number of alkyl carbamates (subject to hydrolysis) is 2. The zero-order chi connectivity index (χ0) is 48.1. The van der Waals surface area contributed by atoms with Crippen LogP contribution in [0.4, 0.5) is 9.59 Å². The number of nitrogens with one attached hydrogen (secondary N) is 4. The minimum Gasteiger partial charge on any atom is -0.453 e. The van der Waals surface area contributed by atoms with E-state index in [2.05, 4.69) is 87.3 Å². The Morgan fingerprint density at radius 2 is 1.26 bits per heavy atom. The summed E-state index contributed by atoms with van der Waals surface area (Å²) in [4.78, 5) is 73.1. The molecular weight excluding hydrogens is 869 g/mol. The molecule has 4 N–H and O–H groups in total. The molecule has 1 spiro atoms. The summed E-state index contributed by atoms with van der Waals surface area (Å²) < 4.78 is 9.68. The van der Waals surface area contributed by atoms with Crippen LogP contribution < -0.4 is 10.6 Å². The number of benzene rings is 4. The van der Waals surface area contributed by atoms with E-state index in [0.717, 1.165) is 83.4 Å². The molecule has 69 heavy (non-hydrogen) atoms. The molecule has 0 radical (unpaired) electrons. The third kappa shape index (κ3) is 8.29. The van der Waals surface area contributed by atoms with Crippen LogP contribution in [0, 0.1) is 11.8 Å². The largest absolute Gasteiger partial charge is 0.453 e. The SMILES string of the molecule is COC(=O)N[C@H](C(=O)N1CCC[C@H]1c1ncc(-c2ccc(-c3ccc(-c4ccc5nc([C@@H]6CCCN6C(=O)[C@H](NC(=O)OC)C(C)C)[nH]c5c4)c4c3CCC43CCCC3)c3ccccc23)[nH]1)C(C)C. The molecule has 0 bridgehead atoms. The number of ether oxygens (including phenoxy) is 2. The van der Waals surface area contributed by atoms with Gasteiger partial charge in [-0.05, 0) is 125 Å². The molecule has 3 fully saturated rings. The lowest BCUT2D eigenvalue weighted by atomic mass is 9.76. The van der Waals surface area contributed by atoms with E-state index < -0.39 is 24.3 Å². The summed E-state index contributed by atoms with van der Waals surface area (Å²) in [5.41, 5.74) is 11.7. The number of H-pyrrole nitrogens is 2. The van der Waals surface area contributed by atoms with E-state index in [9.17, 15) is 19.2 Å². The van der Waals surface area contributed by atoms with Gasteiger partial charge in [0.1, 0.15) is 23.7 Å². The summed E-state index contributed by atoms with van der Waals surface area (Å²) in [7, 11) is 2.62. The van der Waals surface area contributed by atoms with E-state index in [1.165, 1.54) is 73.1 Å². The summed E-state index contributed by atoms with van der Waals surface area (Å²) in [5.74, 6) is 1.03. The number of carbonyl (C=O) groups excluding carboxylic acids is 4. The van der Waals surface area contributed by atoms with E-state index in [0.29, 0.717) is 13.1 Å². The van der Waals surface area contributed by atoms with Gasteiger partial charge < -0.3 is 39.9 Å². The first-order valence-electron chi connectivity index (χ1n) is 24.9. The van der Waals surface area contributed by atoms with Gasteiger partial charge in [-0.1, -0.05) is 95.1 Å². The number of likely N-dealkylation sites (tertiary alicyclic amines) is 2. The van der Waals surface area contributed by atoms with Crippen LogP contribution in [-0.4, -0.2) is 93.1 Å². The Hall–Kier alpha value is -6.70. The lowest BCUT2D eigenvalue weighted by Crippen LogP contribution is -2.51. The second-order valence-electron chi connectivity index (χ2n) is 20.3. The molecule has 14 heteroatoms. The fraction of sp³-hybridized carbons (Fsp3) is 0.455. The summed E-state index contributed by atoms with van der Waals surface area (Å²) in [6, 6.07) is 22.5. The van der Waals surface area contributed by atoms with Crippen LogP contribution in [-0.2, 0) is 30.9 Å². The first-order valence-corrected chi connectivity index (χ1v) is 24.9. The minimum absolute atomic E-state index is 0.112. The van der Waals surface area contributed by atoms with Gasteiger partial charge in [0.05, 0.1) is 49.2 Å². The maximum absolute atomic E-state index is 13.9. The second kappa shape index (κ2) is 18.7. The molecule has 4 heterocycles. The van der Waals surface area contributed by atoms with Gasteiger partial charge in [-0.15, -0.1) is 0 Å². The molecule has 360 valence electrons. The third-order valence-corrected chi connectivity index (χ3v) is 15.7. The molecule has 4 aliphatic rings. The van der Waals surface area contributed by atoms with Crippen LogP contribution in [0.3, 0.4) is 0 Å². The Kier molecular flexibility index (Phi) is 12.5. The Labute approximate surface area is 403 Å². The predicted octanol–water partition coefficient (Wildman–Crippen LogP) is 10.3. The quantitative estimate of drug-likeness (QED) is 0.0993. The van der Waals surface area contributed by atoms with Gasteiger partial charge in [-0.2, -0.15) is 0 Å². The Balaban J connectivity index is 0.972. The highest BCUT2D eigenvalue weighted by molar-refractivity contribution is 6.05. The number of aromatic amines is 2. The van der Waals surface area contributed by atoms with Crippen LogP contribution in [0.15, 0.2) is 72.9 Å². The topological polar surface area (TPSA) is 175 Å². The number of rotatable bonds is 11. The summed E-state index contributed by atoms with van der Waals surface area (Å²) in [5, 5.41) is 7.80.